The molecule has 1 aliphatic rings. The number of nitrogens with one attached hydrogen (secondary N) is 1. The van der Waals surface area contributed by atoms with Crippen LogP contribution in [0.4, 0.5) is 10.1 Å². The third-order valence-electron chi connectivity index (χ3n) is 2.88. The second-order valence-electron chi connectivity index (χ2n) is 4.46. The van der Waals surface area contributed by atoms with Crippen LogP contribution in [-0.2, 0) is 4.79 Å². The number of benzene rings is 1. The lowest BCUT2D eigenvalue weighted by molar-refractivity contribution is -0.117. The van der Waals surface area contributed by atoms with Crippen molar-refractivity contribution < 1.29 is 9.18 Å². The number of amides is 1. The van der Waals surface area contributed by atoms with Crippen LogP contribution in [0.25, 0.3) is 0 Å². The van der Waals surface area contributed by atoms with Gasteiger partial charge in [0.1, 0.15) is 5.82 Å². The van der Waals surface area contributed by atoms with Gasteiger partial charge in [-0.2, -0.15) is 0 Å². The minimum absolute atomic E-state index is 0. The maximum absolute atomic E-state index is 13.5. The summed E-state index contributed by atoms with van der Waals surface area (Å²) in [6.07, 6.45) is 0.903. The van der Waals surface area contributed by atoms with Crippen molar-refractivity contribution in [2.75, 3.05) is 25.0 Å². The first-order chi connectivity index (χ1) is 8.54. The van der Waals surface area contributed by atoms with Crippen molar-refractivity contribution in [3.63, 3.8) is 0 Å². The molecule has 1 aliphatic heterocycles. The van der Waals surface area contributed by atoms with Crippen LogP contribution in [0.15, 0.2) is 22.7 Å². The molecule has 106 valence electrons. The molecule has 1 saturated heterocycles. The summed E-state index contributed by atoms with van der Waals surface area (Å²) in [5.74, 6) is -0.666. The molecule has 19 heavy (non-hydrogen) atoms. The van der Waals surface area contributed by atoms with Gasteiger partial charge in [0.2, 0.25) is 5.91 Å². The molecule has 1 atom stereocenters. The van der Waals surface area contributed by atoms with Crippen LogP contribution in [0.1, 0.15) is 6.42 Å². The van der Waals surface area contributed by atoms with Gasteiger partial charge in [-0.15, -0.1) is 12.4 Å². The minimum Gasteiger partial charge on any atom is -0.326 e. The van der Waals surface area contributed by atoms with Gasteiger partial charge in [-0.05, 0) is 24.6 Å². The topological polar surface area (TPSA) is 58.4 Å². The van der Waals surface area contributed by atoms with E-state index in [1.165, 1.54) is 12.1 Å². The molecule has 0 bridgehead atoms. The van der Waals surface area contributed by atoms with Crippen LogP contribution >= 0.6 is 28.3 Å². The van der Waals surface area contributed by atoms with Crippen molar-refractivity contribution in [2.45, 2.75) is 12.5 Å². The number of nitrogens with zero attached hydrogens (tertiary/aromatic N) is 1. The van der Waals surface area contributed by atoms with Crippen molar-refractivity contribution in [2.24, 2.45) is 5.73 Å². The smallest absolute Gasteiger partial charge is 0.238 e. The molecule has 1 amide bonds. The van der Waals surface area contributed by atoms with Gasteiger partial charge in [0.05, 0.1) is 12.2 Å². The Morgan fingerprint density at radius 3 is 2.89 bits per heavy atom. The van der Waals surface area contributed by atoms with Gasteiger partial charge in [-0.25, -0.2) is 4.39 Å². The highest BCUT2D eigenvalue weighted by atomic mass is 79.9. The molecule has 1 fully saturated rings. The van der Waals surface area contributed by atoms with Crippen LogP contribution < -0.4 is 11.1 Å². The zero-order chi connectivity index (χ0) is 13.1. The number of hydrogen-bond donors (Lipinski definition) is 2. The fourth-order valence-corrected chi connectivity index (χ4v) is 2.32. The Labute approximate surface area is 126 Å². The predicted octanol–water partition coefficient (Wildman–Crippen LogP) is 1.98. The number of likely N-dealkylation sites (tertiary alicyclic amines) is 1. The van der Waals surface area contributed by atoms with Crippen molar-refractivity contribution >= 4 is 39.9 Å². The number of rotatable bonds is 3. The molecule has 0 spiro atoms. The van der Waals surface area contributed by atoms with E-state index in [2.05, 4.69) is 21.2 Å². The summed E-state index contributed by atoms with van der Waals surface area (Å²) in [6.45, 7) is 1.79. The molecule has 0 unspecified atom stereocenters. The maximum atomic E-state index is 13.5. The van der Waals surface area contributed by atoms with Crippen LogP contribution in [0.2, 0.25) is 0 Å². The third-order valence-corrected chi connectivity index (χ3v) is 3.37. The Bertz CT molecular complexity index is 461. The summed E-state index contributed by atoms with van der Waals surface area (Å²) >= 11 is 3.17. The van der Waals surface area contributed by atoms with E-state index in [1.807, 2.05) is 4.90 Å². The number of anilines is 1. The van der Waals surface area contributed by atoms with E-state index in [1.54, 1.807) is 6.07 Å². The molecule has 7 heteroatoms. The predicted molar refractivity (Wildman–Crippen MR) is 79.0 cm³/mol. The fourth-order valence-electron chi connectivity index (χ4n) is 1.99. The Balaban J connectivity index is 0.00000180. The lowest BCUT2D eigenvalue weighted by Gasteiger charge is -2.14. The highest BCUT2D eigenvalue weighted by Gasteiger charge is 2.21. The summed E-state index contributed by atoms with van der Waals surface area (Å²) in [5.41, 5.74) is 5.96. The number of carbonyl (C=O) groups excluding carboxylic acids is 1. The van der Waals surface area contributed by atoms with Crippen molar-refractivity contribution in [3.05, 3.63) is 28.5 Å². The first-order valence-electron chi connectivity index (χ1n) is 5.77. The fraction of sp³-hybridized carbons (Fsp3) is 0.417. The van der Waals surface area contributed by atoms with Crippen molar-refractivity contribution in [1.82, 2.24) is 4.90 Å². The van der Waals surface area contributed by atoms with Crippen LogP contribution in [-0.4, -0.2) is 36.5 Å². The van der Waals surface area contributed by atoms with E-state index >= 15 is 0 Å². The maximum Gasteiger partial charge on any atom is 0.238 e. The Morgan fingerprint density at radius 2 is 2.32 bits per heavy atom. The van der Waals surface area contributed by atoms with Gasteiger partial charge in [-0.3, -0.25) is 9.69 Å². The SMILES string of the molecule is Cl.N[C@@H]1CCN(CC(=O)Nc2ccc(Br)cc2F)C1. The molecule has 3 N–H and O–H groups in total. The summed E-state index contributed by atoms with van der Waals surface area (Å²) < 4.78 is 14.2. The third kappa shape index (κ3) is 4.72. The van der Waals surface area contributed by atoms with E-state index in [0.717, 1.165) is 19.5 Å². The molecular weight excluding hydrogens is 337 g/mol. The van der Waals surface area contributed by atoms with Gasteiger partial charge < -0.3 is 11.1 Å². The molecule has 0 radical (unpaired) electrons. The zero-order valence-corrected chi connectivity index (χ0v) is 12.6. The molecule has 0 aliphatic carbocycles. The van der Waals surface area contributed by atoms with E-state index < -0.39 is 5.82 Å². The zero-order valence-electron chi connectivity index (χ0n) is 10.2. The Kier molecular flexibility index (Phi) is 6.19. The van der Waals surface area contributed by atoms with E-state index in [0.29, 0.717) is 4.47 Å². The van der Waals surface area contributed by atoms with Crippen LogP contribution in [0.5, 0.6) is 0 Å². The van der Waals surface area contributed by atoms with Crippen molar-refractivity contribution in [3.8, 4) is 0 Å². The molecule has 1 aromatic carbocycles. The van der Waals surface area contributed by atoms with E-state index in [-0.39, 0.29) is 36.6 Å². The largest absolute Gasteiger partial charge is 0.326 e. The normalized spacial score (nSPS) is 19.0. The number of hydrogen-bond acceptors (Lipinski definition) is 3. The molecule has 2 rings (SSSR count). The summed E-state index contributed by atoms with van der Waals surface area (Å²) in [5, 5.41) is 2.56. The lowest BCUT2D eigenvalue weighted by Crippen LogP contribution is -2.33. The average molecular weight is 353 g/mol. The first-order valence-corrected chi connectivity index (χ1v) is 6.57. The quantitative estimate of drug-likeness (QED) is 0.874. The highest BCUT2D eigenvalue weighted by Crippen LogP contribution is 2.19. The molecule has 0 aromatic heterocycles. The van der Waals surface area contributed by atoms with E-state index in [9.17, 15) is 9.18 Å². The number of nitrogens with two attached hydrogens (primary N) is 1. The number of carbonyl (C=O) groups is 1. The van der Waals surface area contributed by atoms with Gasteiger partial charge >= 0.3 is 0 Å². The van der Waals surface area contributed by atoms with Crippen LogP contribution in [0, 0.1) is 5.82 Å². The van der Waals surface area contributed by atoms with Gasteiger partial charge in [-0.1, -0.05) is 15.9 Å². The monoisotopic (exact) mass is 351 g/mol. The van der Waals surface area contributed by atoms with Crippen molar-refractivity contribution in [1.29, 1.82) is 0 Å². The molecular formula is C12H16BrClFN3O. The Hall–Kier alpha value is -0.690. The molecule has 1 aromatic rings. The van der Waals surface area contributed by atoms with Crippen LogP contribution in [0.3, 0.4) is 0 Å². The van der Waals surface area contributed by atoms with E-state index in [4.69, 9.17) is 5.73 Å². The van der Waals surface area contributed by atoms with Gasteiger partial charge in [0.15, 0.2) is 0 Å². The highest BCUT2D eigenvalue weighted by molar-refractivity contribution is 9.10. The minimum atomic E-state index is -0.448. The lowest BCUT2D eigenvalue weighted by atomic mass is 10.3. The summed E-state index contributed by atoms with van der Waals surface area (Å²) in [7, 11) is 0. The van der Waals surface area contributed by atoms with Gasteiger partial charge in [0, 0.05) is 23.6 Å². The molecule has 1 heterocycles. The standard InChI is InChI=1S/C12H15BrFN3O.ClH/c13-8-1-2-11(10(14)5-8)16-12(18)7-17-4-3-9(15)6-17;/h1-2,5,9H,3-4,6-7,15H2,(H,16,18);1H/t9-;/m1./s1. The second-order valence-corrected chi connectivity index (χ2v) is 5.37. The molecule has 4 nitrogen and oxygen atoms in total. The second kappa shape index (κ2) is 7.19. The first kappa shape index (κ1) is 16.4. The molecule has 0 saturated carbocycles. The van der Waals surface area contributed by atoms with Gasteiger partial charge in [0.25, 0.3) is 0 Å². The summed E-state index contributed by atoms with van der Waals surface area (Å²) in [4.78, 5) is 13.7. The number of halogens is 3. The average Bonchev–Trinajstić information content (AvgIpc) is 2.68. The Morgan fingerprint density at radius 1 is 1.58 bits per heavy atom. The summed E-state index contributed by atoms with van der Waals surface area (Å²) in [6, 6.07) is 4.68.